The first-order valence-electron chi connectivity index (χ1n) is 8.03. The second-order valence-electron chi connectivity index (χ2n) is 5.44. The molecule has 1 aromatic carbocycles. The van der Waals surface area contributed by atoms with Crippen molar-refractivity contribution in [3.05, 3.63) is 23.3 Å². The van der Waals surface area contributed by atoms with Crippen LogP contribution in [0.5, 0.6) is 11.5 Å². The smallest absolute Gasteiger partial charge is 0.305 e. The number of methoxy groups -OCH3 is 2. The number of hydrogen-bond donors (Lipinski definition) is 0. The Labute approximate surface area is 161 Å². The van der Waals surface area contributed by atoms with Crippen molar-refractivity contribution in [2.24, 2.45) is 0 Å². The van der Waals surface area contributed by atoms with E-state index in [0.29, 0.717) is 0 Å². The summed E-state index contributed by atoms with van der Waals surface area (Å²) < 4.78 is 30.7. The summed E-state index contributed by atoms with van der Waals surface area (Å²) in [5.74, 6) is -2.58. The summed E-state index contributed by atoms with van der Waals surface area (Å²) in [6, 6.07) is 2.70. The van der Waals surface area contributed by atoms with Gasteiger partial charge in [0.1, 0.15) is 0 Å². The lowest BCUT2D eigenvalue weighted by Crippen LogP contribution is -2.21. The normalized spacial score (nSPS) is 10.3. The van der Waals surface area contributed by atoms with Crippen molar-refractivity contribution in [3.8, 4) is 11.5 Å². The third-order valence-electron chi connectivity index (χ3n) is 3.19. The molecule has 1 aromatic rings. The second-order valence-corrected chi connectivity index (χ2v) is 5.44. The summed E-state index contributed by atoms with van der Waals surface area (Å²) in [6.07, 6.45) is -3.03. The van der Waals surface area contributed by atoms with Crippen molar-refractivity contribution in [3.63, 3.8) is 0 Å². The number of ether oxygens (including phenoxy) is 6. The third-order valence-corrected chi connectivity index (χ3v) is 3.19. The van der Waals surface area contributed by atoms with Crippen LogP contribution in [-0.2, 0) is 38.1 Å². The minimum Gasteiger partial charge on any atom is -0.493 e. The number of esters is 4. The van der Waals surface area contributed by atoms with Crippen LogP contribution in [0.1, 0.15) is 51.4 Å². The molecule has 0 aliphatic heterocycles. The molecule has 10 heteroatoms. The fourth-order valence-corrected chi connectivity index (χ4v) is 2.22. The first-order chi connectivity index (χ1) is 13.1. The Bertz CT molecular complexity index is 660. The van der Waals surface area contributed by atoms with Gasteiger partial charge in [0.15, 0.2) is 11.5 Å². The van der Waals surface area contributed by atoms with Crippen LogP contribution >= 0.6 is 0 Å². The van der Waals surface area contributed by atoms with E-state index in [9.17, 15) is 19.2 Å². The molecular formula is C18H22O10. The molecule has 0 unspecified atom stereocenters. The molecule has 0 radical (unpaired) electrons. The van der Waals surface area contributed by atoms with E-state index < -0.39 is 36.5 Å². The Morgan fingerprint density at radius 1 is 0.607 bits per heavy atom. The maximum Gasteiger partial charge on any atom is 0.305 e. The number of carbonyl (C=O) groups is 4. The molecule has 0 spiro atoms. The van der Waals surface area contributed by atoms with E-state index >= 15 is 0 Å². The fourth-order valence-electron chi connectivity index (χ4n) is 2.22. The Kier molecular flexibility index (Phi) is 8.24. The van der Waals surface area contributed by atoms with E-state index in [1.165, 1.54) is 26.4 Å². The van der Waals surface area contributed by atoms with Crippen molar-refractivity contribution >= 4 is 23.9 Å². The maximum absolute atomic E-state index is 11.5. The minimum atomic E-state index is -1.52. The standard InChI is InChI=1S/C18H22O10/c1-9(19)25-17(26-10(2)20)13-7-15(23-5)16(24-6)8-14(13)18(27-11(3)21)28-12(4)22/h7-8,17-18H,1-6H3. The highest BCUT2D eigenvalue weighted by atomic mass is 16.7. The zero-order valence-corrected chi connectivity index (χ0v) is 16.4. The molecule has 0 N–H and O–H groups in total. The monoisotopic (exact) mass is 398 g/mol. The van der Waals surface area contributed by atoms with Crippen LogP contribution in [0.2, 0.25) is 0 Å². The minimum absolute atomic E-state index is 0.0514. The summed E-state index contributed by atoms with van der Waals surface area (Å²) in [7, 11) is 2.73. The third kappa shape index (κ3) is 6.45. The van der Waals surface area contributed by atoms with Crippen LogP contribution in [0.4, 0.5) is 0 Å². The van der Waals surface area contributed by atoms with E-state index in [4.69, 9.17) is 28.4 Å². The first kappa shape index (κ1) is 22.7. The van der Waals surface area contributed by atoms with Gasteiger partial charge in [0.2, 0.25) is 0 Å². The zero-order chi connectivity index (χ0) is 21.4. The van der Waals surface area contributed by atoms with Gasteiger partial charge in [0.05, 0.1) is 14.2 Å². The molecule has 0 saturated heterocycles. The van der Waals surface area contributed by atoms with Crippen LogP contribution in [0.25, 0.3) is 0 Å². The van der Waals surface area contributed by atoms with E-state index in [0.717, 1.165) is 27.7 Å². The van der Waals surface area contributed by atoms with Crippen molar-refractivity contribution in [1.29, 1.82) is 0 Å². The average Bonchev–Trinajstić information content (AvgIpc) is 2.57. The molecule has 0 aliphatic rings. The largest absolute Gasteiger partial charge is 0.493 e. The number of rotatable bonds is 8. The van der Waals surface area contributed by atoms with Crippen molar-refractivity contribution in [2.45, 2.75) is 40.3 Å². The molecule has 0 saturated carbocycles. The topological polar surface area (TPSA) is 124 Å². The lowest BCUT2D eigenvalue weighted by molar-refractivity contribution is -0.193. The van der Waals surface area contributed by atoms with Crippen molar-refractivity contribution < 1.29 is 47.6 Å². The van der Waals surface area contributed by atoms with E-state index in [1.807, 2.05) is 0 Å². The van der Waals surface area contributed by atoms with E-state index in [1.54, 1.807) is 0 Å². The van der Waals surface area contributed by atoms with Gasteiger partial charge < -0.3 is 28.4 Å². The van der Waals surface area contributed by atoms with Crippen LogP contribution in [-0.4, -0.2) is 38.1 Å². The molecule has 1 rings (SSSR count). The highest BCUT2D eigenvalue weighted by molar-refractivity contribution is 5.70. The zero-order valence-electron chi connectivity index (χ0n) is 16.4. The second kappa shape index (κ2) is 10.1. The van der Waals surface area contributed by atoms with Gasteiger partial charge in [-0.05, 0) is 12.1 Å². The predicted octanol–water partition coefficient (Wildman–Crippen LogP) is 1.95. The molecule has 0 bridgehead atoms. The molecule has 154 valence electrons. The Balaban J connectivity index is 3.67. The molecule has 0 fully saturated rings. The highest BCUT2D eigenvalue weighted by Crippen LogP contribution is 2.39. The van der Waals surface area contributed by atoms with Crippen molar-refractivity contribution in [2.75, 3.05) is 14.2 Å². The molecule has 0 atom stereocenters. The lowest BCUT2D eigenvalue weighted by atomic mass is 10.0. The molecule has 0 aliphatic carbocycles. The Hall–Kier alpha value is -3.30. The lowest BCUT2D eigenvalue weighted by Gasteiger charge is -2.25. The average molecular weight is 398 g/mol. The summed E-state index contributed by atoms with van der Waals surface area (Å²) >= 11 is 0. The van der Waals surface area contributed by atoms with Gasteiger partial charge >= 0.3 is 23.9 Å². The van der Waals surface area contributed by atoms with E-state index in [-0.39, 0.29) is 22.6 Å². The maximum atomic E-state index is 11.5. The quantitative estimate of drug-likeness (QED) is 0.474. The van der Waals surface area contributed by atoms with Gasteiger partial charge in [-0.3, -0.25) is 19.2 Å². The molecule has 10 nitrogen and oxygen atoms in total. The van der Waals surface area contributed by atoms with E-state index in [2.05, 4.69) is 0 Å². The van der Waals surface area contributed by atoms with Gasteiger partial charge in [-0.2, -0.15) is 0 Å². The van der Waals surface area contributed by atoms with Gasteiger partial charge in [0.25, 0.3) is 12.6 Å². The Morgan fingerprint density at radius 3 is 1.04 bits per heavy atom. The highest BCUT2D eigenvalue weighted by Gasteiger charge is 2.31. The van der Waals surface area contributed by atoms with Gasteiger partial charge in [-0.25, -0.2) is 0 Å². The molecular weight excluding hydrogens is 376 g/mol. The first-order valence-corrected chi connectivity index (χ1v) is 8.03. The summed E-state index contributed by atoms with van der Waals surface area (Å²) in [5, 5.41) is 0. The fraction of sp³-hybridized carbons (Fsp3) is 0.444. The molecule has 0 aromatic heterocycles. The van der Waals surface area contributed by atoms with Crippen LogP contribution < -0.4 is 9.47 Å². The number of hydrogen-bond acceptors (Lipinski definition) is 10. The molecule has 0 heterocycles. The number of carbonyl (C=O) groups excluding carboxylic acids is 4. The number of benzene rings is 1. The van der Waals surface area contributed by atoms with Crippen LogP contribution in [0, 0.1) is 0 Å². The molecule has 28 heavy (non-hydrogen) atoms. The Morgan fingerprint density at radius 2 is 0.857 bits per heavy atom. The summed E-state index contributed by atoms with van der Waals surface area (Å²) in [6.45, 7) is 4.47. The molecule has 0 amide bonds. The predicted molar refractivity (Wildman–Crippen MR) is 92.1 cm³/mol. The van der Waals surface area contributed by atoms with Gasteiger partial charge in [0, 0.05) is 38.8 Å². The van der Waals surface area contributed by atoms with Crippen LogP contribution in [0.15, 0.2) is 12.1 Å². The van der Waals surface area contributed by atoms with Crippen LogP contribution in [0.3, 0.4) is 0 Å². The summed E-state index contributed by atoms with van der Waals surface area (Å²) in [4.78, 5) is 45.9. The van der Waals surface area contributed by atoms with Gasteiger partial charge in [-0.15, -0.1) is 0 Å². The summed E-state index contributed by atoms with van der Waals surface area (Å²) in [5.41, 5.74) is 0.103. The van der Waals surface area contributed by atoms with Gasteiger partial charge in [-0.1, -0.05) is 0 Å². The SMILES string of the molecule is COc1cc(C(OC(C)=O)OC(C)=O)c(C(OC(C)=O)OC(C)=O)cc1OC. The van der Waals surface area contributed by atoms with Crippen molar-refractivity contribution in [1.82, 2.24) is 0 Å².